The molecule has 0 radical (unpaired) electrons. The number of carbonyl (C=O) groups is 1. The number of sulfonamides is 1. The van der Waals surface area contributed by atoms with E-state index in [9.17, 15) is 13.2 Å². The first-order valence-electron chi connectivity index (χ1n) is 10.7. The molecule has 0 bridgehead atoms. The standard InChI is InChI=1S/C24H25N3O4S2/c28-23(26-20-8-10-21(11-9-20)31-17-19-6-2-1-3-7-19)18-32-24-13-12-22(16-25-24)33(29,30)27-14-4-5-15-27/h1-3,6-13,16H,4-5,14-15,17-18H2,(H,26,28). The molecule has 0 saturated carbocycles. The molecule has 1 saturated heterocycles. The summed E-state index contributed by atoms with van der Waals surface area (Å²) in [4.78, 5) is 16.7. The van der Waals surface area contributed by atoms with Gasteiger partial charge in [-0.15, -0.1) is 0 Å². The fourth-order valence-corrected chi connectivity index (χ4v) is 5.50. The van der Waals surface area contributed by atoms with Gasteiger partial charge >= 0.3 is 0 Å². The van der Waals surface area contributed by atoms with E-state index in [0.29, 0.717) is 30.4 Å². The van der Waals surface area contributed by atoms with Crippen molar-refractivity contribution in [3.63, 3.8) is 0 Å². The Hall–Kier alpha value is -2.88. The van der Waals surface area contributed by atoms with Crippen LogP contribution in [-0.4, -0.2) is 42.5 Å². The van der Waals surface area contributed by atoms with Crippen molar-refractivity contribution in [1.82, 2.24) is 9.29 Å². The van der Waals surface area contributed by atoms with Gasteiger partial charge in [-0.25, -0.2) is 13.4 Å². The van der Waals surface area contributed by atoms with Gasteiger partial charge in [-0.05, 0) is 54.8 Å². The molecule has 0 atom stereocenters. The van der Waals surface area contributed by atoms with E-state index < -0.39 is 10.0 Å². The molecule has 1 amide bonds. The number of rotatable bonds is 9. The van der Waals surface area contributed by atoms with E-state index in [-0.39, 0.29) is 16.6 Å². The number of carbonyl (C=O) groups excluding carboxylic acids is 1. The maximum atomic E-state index is 12.6. The molecule has 33 heavy (non-hydrogen) atoms. The molecule has 0 spiro atoms. The lowest BCUT2D eigenvalue weighted by Crippen LogP contribution is -2.27. The van der Waals surface area contributed by atoms with E-state index in [4.69, 9.17) is 4.74 Å². The number of hydrogen-bond acceptors (Lipinski definition) is 6. The van der Waals surface area contributed by atoms with Gasteiger partial charge in [0.1, 0.15) is 17.3 Å². The van der Waals surface area contributed by atoms with Crippen molar-refractivity contribution in [3.05, 3.63) is 78.5 Å². The molecule has 3 aromatic rings. The highest BCUT2D eigenvalue weighted by molar-refractivity contribution is 7.99. The Kier molecular flexibility index (Phi) is 7.64. The molecule has 0 unspecified atom stereocenters. The molecule has 0 aliphatic carbocycles. The van der Waals surface area contributed by atoms with Crippen LogP contribution in [0.2, 0.25) is 0 Å². The van der Waals surface area contributed by atoms with Crippen molar-refractivity contribution < 1.29 is 17.9 Å². The second kappa shape index (κ2) is 10.8. The van der Waals surface area contributed by atoms with Crippen LogP contribution in [0.4, 0.5) is 5.69 Å². The zero-order valence-electron chi connectivity index (χ0n) is 18.0. The van der Waals surface area contributed by atoms with Gasteiger partial charge in [0, 0.05) is 25.0 Å². The van der Waals surface area contributed by atoms with Crippen molar-refractivity contribution in [1.29, 1.82) is 0 Å². The molecule has 1 aliphatic heterocycles. The first kappa shape index (κ1) is 23.3. The molecule has 4 rings (SSSR count). The van der Waals surface area contributed by atoms with Gasteiger partial charge in [0.15, 0.2) is 0 Å². The second-order valence-corrected chi connectivity index (χ2v) is 10.5. The number of nitrogens with zero attached hydrogens (tertiary/aromatic N) is 2. The number of pyridine rings is 1. The summed E-state index contributed by atoms with van der Waals surface area (Å²) in [6.07, 6.45) is 3.14. The smallest absolute Gasteiger partial charge is 0.244 e. The molecular weight excluding hydrogens is 458 g/mol. The Morgan fingerprint density at radius 3 is 2.39 bits per heavy atom. The highest BCUT2D eigenvalue weighted by atomic mass is 32.2. The Balaban J connectivity index is 1.24. The van der Waals surface area contributed by atoms with Crippen molar-refractivity contribution in [3.8, 4) is 5.75 Å². The van der Waals surface area contributed by atoms with Crippen LogP contribution in [0.15, 0.2) is 82.8 Å². The highest BCUT2D eigenvalue weighted by Gasteiger charge is 2.27. The lowest BCUT2D eigenvalue weighted by atomic mass is 10.2. The van der Waals surface area contributed by atoms with Gasteiger partial charge in [0.25, 0.3) is 0 Å². The third-order valence-electron chi connectivity index (χ3n) is 5.15. The van der Waals surface area contributed by atoms with E-state index in [1.807, 2.05) is 42.5 Å². The predicted octanol–water partition coefficient (Wildman–Crippen LogP) is 4.18. The summed E-state index contributed by atoms with van der Waals surface area (Å²) < 4.78 is 32.4. The lowest BCUT2D eigenvalue weighted by Gasteiger charge is -2.15. The van der Waals surface area contributed by atoms with E-state index in [2.05, 4.69) is 10.3 Å². The van der Waals surface area contributed by atoms with Crippen LogP contribution in [0, 0.1) is 0 Å². The number of hydrogen-bond donors (Lipinski definition) is 1. The summed E-state index contributed by atoms with van der Waals surface area (Å²) in [5.41, 5.74) is 1.76. The van der Waals surface area contributed by atoms with Crippen molar-refractivity contribution in [2.45, 2.75) is 29.4 Å². The number of amides is 1. The van der Waals surface area contributed by atoms with Crippen LogP contribution in [-0.2, 0) is 21.4 Å². The molecular formula is C24H25N3O4S2. The Morgan fingerprint density at radius 1 is 1.00 bits per heavy atom. The summed E-state index contributed by atoms with van der Waals surface area (Å²) in [7, 11) is -3.48. The third-order valence-corrected chi connectivity index (χ3v) is 7.98. The van der Waals surface area contributed by atoms with Gasteiger partial charge < -0.3 is 10.1 Å². The van der Waals surface area contributed by atoms with Crippen molar-refractivity contribution >= 4 is 33.4 Å². The van der Waals surface area contributed by atoms with Gasteiger partial charge in [-0.3, -0.25) is 4.79 Å². The van der Waals surface area contributed by atoms with Crippen LogP contribution in [0.5, 0.6) is 5.75 Å². The molecule has 1 aliphatic rings. The van der Waals surface area contributed by atoms with E-state index in [1.54, 1.807) is 24.3 Å². The number of benzene rings is 2. The SMILES string of the molecule is O=C(CSc1ccc(S(=O)(=O)N2CCCC2)cn1)Nc1ccc(OCc2ccccc2)cc1. The Bertz CT molecular complexity index is 1160. The quantitative estimate of drug-likeness (QED) is 0.460. The minimum absolute atomic E-state index is 0.164. The summed E-state index contributed by atoms with van der Waals surface area (Å²) in [6.45, 7) is 1.59. The minimum Gasteiger partial charge on any atom is -0.489 e. The Labute approximate surface area is 198 Å². The molecule has 2 aromatic carbocycles. The van der Waals surface area contributed by atoms with Crippen LogP contribution in [0.3, 0.4) is 0 Å². The van der Waals surface area contributed by atoms with Crippen molar-refractivity contribution in [2.75, 3.05) is 24.2 Å². The zero-order chi connectivity index (χ0) is 23.1. The number of ether oxygens (including phenoxy) is 1. The average Bonchev–Trinajstić information content (AvgIpc) is 3.39. The maximum absolute atomic E-state index is 12.6. The van der Waals surface area contributed by atoms with Gasteiger partial charge in [-0.1, -0.05) is 42.1 Å². The first-order valence-corrected chi connectivity index (χ1v) is 13.1. The summed E-state index contributed by atoms with van der Waals surface area (Å²) >= 11 is 1.25. The maximum Gasteiger partial charge on any atom is 0.244 e. The molecule has 2 heterocycles. The van der Waals surface area contributed by atoms with Crippen LogP contribution < -0.4 is 10.1 Å². The second-order valence-electron chi connectivity index (χ2n) is 7.58. The summed E-state index contributed by atoms with van der Waals surface area (Å²) in [5, 5.41) is 3.43. The highest BCUT2D eigenvalue weighted by Crippen LogP contribution is 2.23. The van der Waals surface area contributed by atoms with E-state index >= 15 is 0 Å². The Morgan fingerprint density at radius 2 is 1.73 bits per heavy atom. The van der Waals surface area contributed by atoms with E-state index in [1.165, 1.54) is 22.3 Å². The third kappa shape index (κ3) is 6.34. The van der Waals surface area contributed by atoms with Crippen molar-refractivity contribution in [2.24, 2.45) is 0 Å². The largest absolute Gasteiger partial charge is 0.489 e. The normalized spacial score (nSPS) is 14.2. The average molecular weight is 484 g/mol. The van der Waals surface area contributed by atoms with E-state index in [0.717, 1.165) is 24.2 Å². The number of nitrogens with one attached hydrogen (secondary N) is 1. The molecule has 1 N–H and O–H groups in total. The molecule has 172 valence electrons. The van der Waals surface area contributed by atoms with Gasteiger partial charge in [0.05, 0.1) is 10.8 Å². The summed E-state index contributed by atoms with van der Waals surface area (Å²) in [6, 6.07) is 20.3. The number of thioether (sulfide) groups is 1. The summed E-state index contributed by atoms with van der Waals surface area (Å²) in [5.74, 6) is 0.713. The number of anilines is 1. The molecule has 1 fully saturated rings. The fraction of sp³-hybridized carbons (Fsp3) is 0.250. The molecule has 1 aromatic heterocycles. The number of aromatic nitrogens is 1. The fourth-order valence-electron chi connectivity index (χ4n) is 3.39. The molecule has 9 heteroatoms. The first-order chi connectivity index (χ1) is 16.0. The van der Waals surface area contributed by atoms with Crippen LogP contribution in [0.25, 0.3) is 0 Å². The topological polar surface area (TPSA) is 88.6 Å². The van der Waals surface area contributed by atoms with Gasteiger partial charge in [-0.2, -0.15) is 4.31 Å². The zero-order valence-corrected chi connectivity index (χ0v) is 19.6. The predicted molar refractivity (Wildman–Crippen MR) is 129 cm³/mol. The molecule has 7 nitrogen and oxygen atoms in total. The van der Waals surface area contributed by atoms with Gasteiger partial charge in [0.2, 0.25) is 15.9 Å². The minimum atomic E-state index is -3.48. The van der Waals surface area contributed by atoms with Crippen LogP contribution in [0.1, 0.15) is 18.4 Å². The monoisotopic (exact) mass is 483 g/mol. The van der Waals surface area contributed by atoms with Crippen LogP contribution >= 0.6 is 11.8 Å². The lowest BCUT2D eigenvalue weighted by molar-refractivity contribution is -0.113.